The predicted octanol–water partition coefficient (Wildman–Crippen LogP) is 1.93. The van der Waals surface area contributed by atoms with Crippen molar-refractivity contribution in [2.45, 2.75) is 18.2 Å². The van der Waals surface area contributed by atoms with Crippen molar-refractivity contribution in [2.24, 2.45) is 0 Å². The Balaban J connectivity index is 2.18. The smallest absolute Gasteiger partial charge is 0.257 e. The number of hydrogen-bond acceptors (Lipinski definition) is 3. The van der Waals surface area contributed by atoms with E-state index in [1.807, 2.05) is 0 Å². The number of carbonyl (C=O) groups excluding carboxylic acids is 1. The van der Waals surface area contributed by atoms with Crippen LogP contribution in [0.25, 0.3) is 0 Å². The number of alkyl halides is 1. The normalized spacial score (nSPS) is 20.1. The molecule has 0 bridgehead atoms. The Labute approximate surface area is 106 Å². The van der Waals surface area contributed by atoms with E-state index in [0.717, 1.165) is 19.4 Å². The monoisotopic (exact) mass is 254 g/mol. The minimum atomic E-state index is -0.0328. The second-order valence-corrected chi connectivity index (χ2v) is 4.68. The number of hydrogen-bond donors (Lipinski definition) is 0. The average molecular weight is 255 g/mol. The Kier molecular flexibility index (Phi) is 3.84. The van der Waals surface area contributed by atoms with Crippen LogP contribution in [0.1, 0.15) is 23.2 Å². The third-order valence-corrected chi connectivity index (χ3v) is 3.24. The van der Waals surface area contributed by atoms with E-state index < -0.39 is 0 Å². The Hall–Kier alpha value is -1.29. The third-order valence-electron chi connectivity index (χ3n) is 2.89. The van der Waals surface area contributed by atoms with Gasteiger partial charge in [0.15, 0.2) is 0 Å². The number of methoxy groups -OCH3 is 1. The van der Waals surface area contributed by atoms with Gasteiger partial charge in [0.2, 0.25) is 0 Å². The molecular formula is C12H15ClN2O2. The first kappa shape index (κ1) is 12.2. The minimum absolute atomic E-state index is 0.0328. The maximum atomic E-state index is 12.3. The van der Waals surface area contributed by atoms with Crippen LogP contribution in [-0.2, 0) is 0 Å². The number of pyridine rings is 1. The van der Waals surface area contributed by atoms with Crippen molar-refractivity contribution in [3.8, 4) is 5.75 Å². The van der Waals surface area contributed by atoms with Gasteiger partial charge in [0, 0.05) is 19.3 Å². The second kappa shape index (κ2) is 5.36. The number of likely N-dealkylation sites (tertiary alicyclic amines) is 1. The summed E-state index contributed by atoms with van der Waals surface area (Å²) < 4.78 is 5.14. The fourth-order valence-electron chi connectivity index (χ4n) is 2.00. The molecule has 0 N–H and O–H groups in total. The quantitative estimate of drug-likeness (QED) is 0.758. The third kappa shape index (κ3) is 2.69. The van der Waals surface area contributed by atoms with Crippen LogP contribution in [0, 0.1) is 0 Å². The number of rotatable bonds is 2. The number of piperidine rings is 1. The van der Waals surface area contributed by atoms with E-state index in [4.69, 9.17) is 16.3 Å². The molecule has 0 saturated carbocycles. The van der Waals surface area contributed by atoms with Crippen molar-refractivity contribution in [1.29, 1.82) is 0 Å². The maximum Gasteiger partial charge on any atom is 0.257 e. The SMILES string of the molecule is COc1cnccc1C(=O)N1CCCC(Cl)C1. The van der Waals surface area contributed by atoms with E-state index in [0.29, 0.717) is 17.9 Å². The molecule has 0 aromatic carbocycles. The van der Waals surface area contributed by atoms with Gasteiger partial charge in [-0.25, -0.2) is 0 Å². The summed E-state index contributed by atoms with van der Waals surface area (Å²) in [7, 11) is 1.54. The fourth-order valence-corrected chi connectivity index (χ4v) is 2.32. The number of carbonyl (C=O) groups is 1. The molecule has 1 amide bonds. The molecule has 5 heteroatoms. The number of aromatic nitrogens is 1. The molecule has 1 aliphatic heterocycles. The Morgan fingerprint density at radius 3 is 3.18 bits per heavy atom. The van der Waals surface area contributed by atoms with Crippen LogP contribution < -0.4 is 4.74 Å². The first-order valence-electron chi connectivity index (χ1n) is 5.63. The van der Waals surface area contributed by atoms with Crippen LogP contribution in [0.5, 0.6) is 5.75 Å². The van der Waals surface area contributed by atoms with E-state index in [1.54, 1.807) is 23.4 Å². The van der Waals surface area contributed by atoms with E-state index in [1.165, 1.54) is 7.11 Å². The highest BCUT2D eigenvalue weighted by atomic mass is 35.5. The second-order valence-electron chi connectivity index (χ2n) is 4.07. The van der Waals surface area contributed by atoms with Crippen LogP contribution in [-0.4, -0.2) is 41.4 Å². The molecule has 4 nitrogen and oxygen atoms in total. The van der Waals surface area contributed by atoms with Gasteiger partial charge >= 0.3 is 0 Å². The first-order valence-corrected chi connectivity index (χ1v) is 6.07. The molecule has 1 fully saturated rings. The molecule has 1 unspecified atom stereocenters. The van der Waals surface area contributed by atoms with Crippen molar-refractivity contribution in [3.05, 3.63) is 24.0 Å². The summed E-state index contributed by atoms with van der Waals surface area (Å²) in [5, 5.41) is 0.0560. The summed E-state index contributed by atoms with van der Waals surface area (Å²) in [6.45, 7) is 1.36. The zero-order chi connectivity index (χ0) is 12.3. The van der Waals surface area contributed by atoms with Gasteiger partial charge in [0.05, 0.1) is 24.2 Å². The van der Waals surface area contributed by atoms with Gasteiger partial charge in [-0.1, -0.05) is 0 Å². The highest BCUT2D eigenvalue weighted by molar-refractivity contribution is 6.21. The van der Waals surface area contributed by atoms with E-state index in [9.17, 15) is 4.79 Å². The molecule has 2 rings (SSSR count). The molecule has 0 aliphatic carbocycles. The Morgan fingerprint density at radius 2 is 2.47 bits per heavy atom. The molecule has 0 radical (unpaired) electrons. The predicted molar refractivity (Wildman–Crippen MR) is 65.6 cm³/mol. The summed E-state index contributed by atoms with van der Waals surface area (Å²) in [5.74, 6) is 0.476. The zero-order valence-corrected chi connectivity index (χ0v) is 10.5. The van der Waals surface area contributed by atoms with Crippen LogP contribution in [0.4, 0.5) is 0 Å². The molecule has 92 valence electrons. The van der Waals surface area contributed by atoms with E-state index in [2.05, 4.69) is 4.98 Å². The van der Waals surface area contributed by atoms with Crippen LogP contribution in [0.2, 0.25) is 0 Å². The van der Waals surface area contributed by atoms with Gasteiger partial charge in [-0.2, -0.15) is 0 Å². The summed E-state index contributed by atoms with van der Waals surface area (Å²) in [4.78, 5) is 18.0. The van der Waals surface area contributed by atoms with Crippen LogP contribution in [0.15, 0.2) is 18.5 Å². The van der Waals surface area contributed by atoms with Crippen LogP contribution >= 0.6 is 11.6 Å². The Bertz CT molecular complexity index is 411. The van der Waals surface area contributed by atoms with E-state index in [-0.39, 0.29) is 11.3 Å². The van der Waals surface area contributed by atoms with Crippen molar-refractivity contribution in [1.82, 2.24) is 9.88 Å². The fraction of sp³-hybridized carbons (Fsp3) is 0.500. The van der Waals surface area contributed by atoms with Gasteiger partial charge in [-0.15, -0.1) is 11.6 Å². The lowest BCUT2D eigenvalue weighted by Crippen LogP contribution is -2.40. The number of ether oxygens (including phenoxy) is 1. The van der Waals surface area contributed by atoms with Gasteiger partial charge in [0.1, 0.15) is 5.75 Å². The molecule has 1 saturated heterocycles. The molecule has 0 spiro atoms. The number of halogens is 1. The molecular weight excluding hydrogens is 240 g/mol. The number of amides is 1. The van der Waals surface area contributed by atoms with Crippen LogP contribution in [0.3, 0.4) is 0 Å². The van der Waals surface area contributed by atoms with Gasteiger partial charge < -0.3 is 9.64 Å². The van der Waals surface area contributed by atoms with Gasteiger partial charge in [-0.3, -0.25) is 9.78 Å². The molecule has 2 heterocycles. The average Bonchev–Trinajstić information content (AvgIpc) is 2.38. The highest BCUT2D eigenvalue weighted by Crippen LogP contribution is 2.22. The number of nitrogens with zero attached hydrogens (tertiary/aromatic N) is 2. The lowest BCUT2D eigenvalue weighted by molar-refractivity contribution is 0.0723. The molecule has 1 aliphatic rings. The lowest BCUT2D eigenvalue weighted by Gasteiger charge is -2.30. The summed E-state index contributed by atoms with van der Waals surface area (Å²) in [5.41, 5.74) is 0.549. The van der Waals surface area contributed by atoms with Crippen molar-refractivity contribution in [2.75, 3.05) is 20.2 Å². The summed E-state index contributed by atoms with van der Waals surface area (Å²) >= 11 is 6.08. The molecule has 1 aromatic rings. The minimum Gasteiger partial charge on any atom is -0.494 e. The molecule has 1 atom stereocenters. The van der Waals surface area contributed by atoms with Crippen molar-refractivity contribution < 1.29 is 9.53 Å². The maximum absolute atomic E-state index is 12.3. The van der Waals surface area contributed by atoms with Gasteiger partial charge in [0.25, 0.3) is 5.91 Å². The topological polar surface area (TPSA) is 42.4 Å². The largest absolute Gasteiger partial charge is 0.494 e. The van der Waals surface area contributed by atoms with E-state index >= 15 is 0 Å². The highest BCUT2D eigenvalue weighted by Gasteiger charge is 2.24. The standard InChI is InChI=1S/C12H15ClN2O2/c1-17-11-7-14-5-4-10(11)12(16)15-6-2-3-9(13)8-15/h4-5,7,9H,2-3,6,8H2,1H3. The van der Waals surface area contributed by atoms with Crippen molar-refractivity contribution in [3.63, 3.8) is 0 Å². The zero-order valence-electron chi connectivity index (χ0n) is 9.73. The van der Waals surface area contributed by atoms with Gasteiger partial charge in [-0.05, 0) is 18.9 Å². The Morgan fingerprint density at radius 1 is 1.65 bits per heavy atom. The first-order chi connectivity index (χ1) is 8.22. The lowest BCUT2D eigenvalue weighted by atomic mass is 10.1. The summed E-state index contributed by atoms with van der Waals surface area (Å²) in [6.07, 6.45) is 5.07. The summed E-state index contributed by atoms with van der Waals surface area (Å²) in [6, 6.07) is 1.68. The molecule has 1 aromatic heterocycles. The van der Waals surface area contributed by atoms with Crippen molar-refractivity contribution >= 4 is 17.5 Å². The molecule has 17 heavy (non-hydrogen) atoms.